The molecule has 0 saturated carbocycles. The van der Waals surface area contributed by atoms with Gasteiger partial charge >= 0.3 is 0 Å². The van der Waals surface area contributed by atoms with Gasteiger partial charge in [0.05, 0.1) is 0 Å². The molecule has 0 aliphatic rings. The van der Waals surface area contributed by atoms with E-state index < -0.39 is 0 Å². The molecular weight excluding hydrogens is 146 g/mol. The van der Waals surface area contributed by atoms with Crippen LogP contribution in [0.3, 0.4) is 0 Å². The highest BCUT2D eigenvalue weighted by Crippen LogP contribution is 2.12. The Bertz CT molecular complexity index is 257. The van der Waals surface area contributed by atoms with E-state index in [0.717, 1.165) is 0 Å². The van der Waals surface area contributed by atoms with Gasteiger partial charge in [0.15, 0.2) is 0 Å². The first-order valence-corrected chi connectivity index (χ1v) is 4.14. The second-order valence-electron chi connectivity index (χ2n) is 2.99. The summed E-state index contributed by atoms with van der Waals surface area (Å²) in [6.07, 6.45) is 4.14. The van der Waals surface area contributed by atoms with Crippen molar-refractivity contribution in [2.24, 2.45) is 0 Å². The molecule has 0 aliphatic heterocycles. The minimum atomic E-state index is 1.24. The fourth-order valence-corrected chi connectivity index (χ4v) is 1.08. The van der Waals surface area contributed by atoms with Crippen LogP contribution in [0.2, 0.25) is 0 Å². The van der Waals surface area contributed by atoms with E-state index in [0.29, 0.717) is 0 Å². The molecule has 0 N–H and O–H groups in total. The molecule has 0 unspecified atom stereocenters. The lowest BCUT2D eigenvalue weighted by atomic mass is 10.2. The van der Waals surface area contributed by atoms with E-state index in [1.165, 1.54) is 11.3 Å². The summed E-state index contributed by atoms with van der Waals surface area (Å²) in [4.78, 5) is 2.10. The first kappa shape index (κ1) is 8.85. The molecule has 1 rings (SSSR count). The third-order valence-corrected chi connectivity index (χ3v) is 1.77. The van der Waals surface area contributed by atoms with E-state index in [9.17, 15) is 0 Å². The molecule has 0 aromatic heterocycles. The zero-order valence-corrected chi connectivity index (χ0v) is 7.91. The van der Waals surface area contributed by atoms with E-state index >= 15 is 0 Å². The van der Waals surface area contributed by atoms with Gasteiger partial charge in [-0.25, -0.2) is 0 Å². The van der Waals surface area contributed by atoms with Crippen LogP contribution in [0.5, 0.6) is 0 Å². The van der Waals surface area contributed by atoms with Gasteiger partial charge in [0, 0.05) is 19.8 Å². The van der Waals surface area contributed by atoms with Crippen LogP contribution in [0, 0.1) is 0 Å². The summed E-state index contributed by atoms with van der Waals surface area (Å²) in [5.41, 5.74) is 2.49. The van der Waals surface area contributed by atoms with Crippen LogP contribution in [-0.4, -0.2) is 14.1 Å². The minimum absolute atomic E-state index is 1.24. The monoisotopic (exact) mass is 161 g/mol. The number of hydrogen-bond acceptors (Lipinski definition) is 1. The largest absolute Gasteiger partial charge is 0.378 e. The second-order valence-corrected chi connectivity index (χ2v) is 2.99. The Hall–Kier alpha value is -1.24. The van der Waals surface area contributed by atoms with Crippen LogP contribution >= 0.6 is 0 Å². The molecule has 0 atom stereocenters. The smallest absolute Gasteiger partial charge is 0.0361 e. The lowest BCUT2D eigenvalue weighted by Crippen LogP contribution is -2.07. The summed E-state index contributed by atoms with van der Waals surface area (Å²) in [5.74, 6) is 0. The van der Waals surface area contributed by atoms with E-state index in [-0.39, 0.29) is 0 Å². The number of nitrogens with zero attached hydrogens (tertiary/aromatic N) is 1. The van der Waals surface area contributed by atoms with Crippen molar-refractivity contribution in [2.45, 2.75) is 6.92 Å². The zero-order valence-electron chi connectivity index (χ0n) is 7.91. The Kier molecular flexibility index (Phi) is 2.92. The van der Waals surface area contributed by atoms with Crippen molar-refractivity contribution in [2.75, 3.05) is 19.0 Å². The predicted octanol–water partition coefficient (Wildman–Crippen LogP) is 2.79. The van der Waals surface area contributed by atoms with Gasteiger partial charge in [0.25, 0.3) is 0 Å². The summed E-state index contributed by atoms with van der Waals surface area (Å²) in [5, 5.41) is 0. The molecule has 0 bridgehead atoms. The first-order valence-electron chi connectivity index (χ1n) is 4.14. The molecule has 1 nitrogen and oxygen atoms in total. The Morgan fingerprint density at radius 2 is 1.67 bits per heavy atom. The van der Waals surface area contributed by atoms with Gasteiger partial charge in [-0.05, 0) is 24.6 Å². The summed E-state index contributed by atoms with van der Waals surface area (Å²) in [6.45, 7) is 2.03. The normalized spacial score (nSPS) is 10.6. The molecule has 12 heavy (non-hydrogen) atoms. The maximum atomic E-state index is 2.12. The van der Waals surface area contributed by atoms with Crippen molar-refractivity contribution in [1.82, 2.24) is 0 Å². The van der Waals surface area contributed by atoms with Gasteiger partial charge in [-0.2, -0.15) is 0 Å². The third kappa shape index (κ3) is 2.12. The summed E-state index contributed by atoms with van der Waals surface area (Å²) in [7, 11) is 4.09. The maximum Gasteiger partial charge on any atom is 0.0361 e. The average Bonchev–Trinajstić information content (AvgIpc) is 2.06. The number of anilines is 1. The fraction of sp³-hybridized carbons (Fsp3) is 0.273. The highest BCUT2D eigenvalue weighted by molar-refractivity contribution is 5.55. The summed E-state index contributed by atoms with van der Waals surface area (Å²) in [6, 6.07) is 8.48. The van der Waals surface area contributed by atoms with Crippen LogP contribution in [-0.2, 0) is 0 Å². The van der Waals surface area contributed by atoms with Crippen molar-refractivity contribution < 1.29 is 0 Å². The van der Waals surface area contributed by atoms with Crippen molar-refractivity contribution in [3.05, 3.63) is 35.9 Å². The molecular formula is C11H15N. The standard InChI is InChI=1S/C11H15N/c1-4-5-10-6-8-11(9-7-10)12(2)3/h4-9H,1-3H3/b5-4-. The van der Waals surface area contributed by atoms with Gasteiger partial charge in [0.2, 0.25) is 0 Å². The molecule has 0 spiro atoms. The van der Waals surface area contributed by atoms with Crippen LogP contribution in [0.25, 0.3) is 6.08 Å². The molecule has 64 valence electrons. The van der Waals surface area contributed by atoms with E-state index in [1.807, 2.05) is 27.1 Å². The van der Waals surface area contributed by atoms with E-state index in [4.69, 9.17) is 0 Å². The molecule has 0 fully saturated rings. The third-order valence-electron chi connectivity index (χ3n) is 1.77. The van der Waals surface area contributed by atoms with Crippen LogP contribution < -0.4 is 4.90 Å². The maximum absolute atomic E-state index is 2.12. The van der Waals surface area contributed by atoms with Crippen molar-refractivity contribution in [1.29, 1.82) is 0 Å². The molecule has 0 amide bonds. The number of benzene rings is 1. The molecule has 0 aliphatic carbocycles. The van der Waals surface area contributed by atoms with E-state index in [1.54, 1.807) is 0 Å². The van der Waals surface area contributed by atoms with Crippen LogP contribution in [0.1, 0.15) is 12.5 Å². The molecule has 0 radical (unpaired) electrons. The molecule has 0 heterocycles. The van der Waals surface area contributed by atoms with Crippen molar-refractivity contribution in [3.8, 4) is 0 Å². The lowest BCUT2D eigenvalue weighted by molar-refractivity contribution is 1.13. The SMILES string of the molecule is C/C=C\c1ccc(N(C)C)cc1. The quantitative estimate of drug-likeness (QED) is 0.644. The predicted molar refractivity (Wildman–Crippen MR) is 55.5 cm³/mol. The van der Waals surface area contributed by atoms with Crippen LogP contribution in [0.15, 0.2) is 30.3 Å². The van der Waals surface area contributed by atoms with Crippen molar-refractivity contribution in [3.63, 3.8) is 0 Å². The Morgan fingerprint density at radius 1 is 1.08 bits per heavy atom. The number of rotatable bonds is 2. The molecule has 1 aromatic carbocycles. The summed E-state index contributed by atoms with van der Waals surface area (Å²) < 4.78 is 0. The highest BCUT2D eigenvalue weighted by Gasteiger charge is 1.92. The summed E-state index contributed by atoms with van der Waals surface area (Å²) >= 11 is 0. The fourth-order valence-electron chi connectivity index (χ4n) is 1.08. The molecule has 1 aromatic rings. The Labute approximate surface area is 74.3 Å². The lowest BCUT2D eigenvalue weighted by Gasteiger charge is -2.11. The van der Waals surface area contributed by atoms with Gasteiger partial charge in [0.1, 0.15) is 0 Å². The Balaban J connectivity index is 2.85. The first-order chi connectivity index (χ1) is 5.74. The van der Waals surface area contributed by atoms with Gasteiger partial charge in [-0.1, -0.05) is 24.3 Å². The van der Waals surface area contributed by atoms with Gasteiger partial charge in [-0.3, -0.25) is 0 Å². The van der Waals surface area contributed by atoms with Crippen LogP contribution in [0.4, 0.5) is 5.69 Å². The molecule has 1 heteroatoms. The number of hydrogen-bond donors (Lipinski definition) is 0. The second kappa shape index (κ2) is 3.96. The minimum Gasteiger partial charge on any atom is -0.378 e. The zero-order chi connectivity index (χ0) is 8.97. The number of allylic oxidation sites excluding steroid dienone is 1. The van der Waals surface area contributed by atoms with Gasteiger partial charge in [-0.15, -0.1) is 0 Å². The van der Waals surface area contributed by atoms with Crippen molar-refractivity contribution >= 4 is 11.8 Å². The topological polar surface area (TPSA) is 3.24 Å². The highest BCUT2D eigenvalue weighted by atomic mass is 15.1. The van der Waals surface area contributed by atoms with E-state index in [2.05, 4.69) is 35.2 Å². The van der Waals surface area contributed by atoms with Gasteiger partial charge < -0.3 is 4.90 Å². The average molecular weight is 161 g/mol. The Morgan fingerprint density at radius 3 is 2.08 bits per heavy atom. The molecule has 0 saturated heterocycles.